The van der Waals surface area contributed by atoms with Crippen molar-refractivity contribution in [3.8, 4) is 5.75 Å². The molecular formula is C15H22O3. The molecule has 1 rings (SSSR count). The first kappa shape index (κ1) is 14.6. The monoisotopic (exact) mass is 250 g/mol. The first-order valence-electron chi connectivity index (χ1n) is 6.50. The van der Waals surface area contributed by atoms with Gasteiger partial charge in [0.1, 0.15) is 11.9 Å². The van der Waals surface area contributed by atoms with Crippen LogP contribution in [-0.2, 0) is 9.53 Å². The number of ether oxygens (including phenoxy) is 2. The van der Waals surface area contributed by atoms with Gasteiger partial charge in [0.15, 0.2) is 0 Å². The average molecular weight is 250 g/mol. The van der Waals surface area contributed by atoms with Gasteiger partial charge >= 0.3 is 5.97 Å². The molecule has 0 unspecified atom stereocenters. The third-order valence-electron chi connectivity index (χ3n) is 2.88. The van der Waals surface area contributed by atoms with Gasteiger partial charge < -0.3 is 9.47 Å². The summed E-state index contributed by atoms with van der Waals surface area (Å²) in [4.78, 5) is 11.6. The second kappa shape index (κ2) is 7.75. The normalized spacial score (nSPS) is 11.9. The molecule has 0 saturated carbocycles. The van der Waals surface area contributed by atoms with Gasteiger partial charge in [-0.15, -0.1) is 0 Å². The van der Waals surface area contributed by atoms with Gasteiger partial charge in [0.2, 0.25) is 0 Å². The van der Waals surface area contributed by atoms with E-state index in [1.807, 2.05) is 31.2 Å². The Hall–Kier alpha value is -1.51. The topological polar surface area (TPSA) is 35.5 Å². The highest BCUT2D eigenvalue weighted by Gasteiger charge is 2.11. The summed E-state index contributed by atoms with van der Waals surface area (Å²) in [6, 6.07) is 7.58. The van der Waals surface area contributed by atoms with Crippen molar-refractivity contribution in [1.82, 2.24) is 0 Å². The Balaban J connectivity index is 2.43. The maximum atomic E-state index is 11.6. The van der Waals surface area contributed by atoms with Crippen molar-refractivity contribution in [1.29, 1.82) is 0 Å². The molecule has 0 radical (unpaired) electrons. The third kappa shape index (κ3) is 4.78. The molecule has 1 aromatic rings. The van der Waals surface area contributed by atoms with Gasteiger partial charge in [-0.3, -0.25) is 4.79 Å². The zero-order valence-electron chi connectivity index (χ0n) is 11.4. The molecule has 0 bridgehead atoms. The molecule has 3 heteroatoms. The largest absolute Gasteiger partial charge is 0.497 e. The van der Waals surface area contributed by atoms with Crippen LogP contribution >= 0.6 is 0 Å². The van der Waals surface area contributed by atoms with Gasteiger partial charge in [-0.05, 0) is 31.0 Å². The van der Waals surface area contributed by atoms with Crippen molar-refractivity contribution in [2.75, 3.05) is 7.11 Å². The minimum atomic E-state index is -0.204. The molecule has 0 amide bonds. The number of rotatable bonds is 7. The first-order chi connectivity index (χ1) is 8.67. The molecule has 0 aliphatic heterocycles. The lowest BCUT2D eigenvalue weighted by Gasteiger charge is -2.14. The molecule has 100 valence electrons. The summed E-state index contributed by atoms with van der Waals surface area (Å²) >= 11 is 0. The molecule has 1 aromatic carbocycles. The molecule has 0 heterocycles. The summed E-state index contributed by atoms with van der Waals surface area (Å²) in [6.45, 7) is 4.00. The van der Waals surface area contributed by atoms with Gasteiger partial charge in [-0.2, -0.15) is 0 Å². The maximum Gasteiger partial charge on any atom is 0.306 e. The van der Waals surface area contributed by atoms with Crippen molar-refractivity contribution in [3.05, 3.63) is 29.8 Å². The van der Waals surface area contributed by atoms with E-state index >= 15 is 0 Å². The number of benzene rings is 1. The Morgan fingerprint density at radius 1 is 1.22 bits per heavy atom. The predicted molar refractivity (Wildman–Crippen MR) is 71.6 cm³/mol. The van der Waals surface area contributed by atoms with E-state index in [0.29, 0.717) is 6.42 Å². The molecule has 0 saturated heterocycles. The van der Waals surface area contributed by atoms with Crippen LogP contribution in [-0.4, -0.2) is 13.1 Å². The molecule has 0 N–H and O–H groups in total. The standard InChI is InChI=1S/C15H22O3/c1-4-5-6-7-15(16)18-12(2)13-8-10-14(17-3)11-9-13/h8-12H,4-7H2,1-3H3/t12-/m1/s1. The fraction of sp³-hybridized carbons (Fsp3) is 0.533. The third-order valence-corrected chi connectivity index (χ3v) is 2.88. The SMILES string of the molecule is CCCCCC(=O)O[C@H](C)c1ccc(OC)cc1. The van der Waals surface area contributed by atoms with Crippen LogP contribution in [0.3, 0.4) is 0 Å². The van der Waals surface area contributed by atoms with E-state index < -0.39 is 0 Å². The summed E-state index contributed by atoms with van der Waals surface area (Å²) in [5, 5.41) is 0. The molecule has 0 fully saturated rings. The quantitative estimate of drug-likeness (QED) is 0.544. The van der Waals surface area contributed by atoms with Gasteiger partial charge in [0.05, 0.1) is 7.11 Å². The fourth-order valence-corrected chi connectivity index (χ4v) is 1.72. The van der Waals surface area contributed by atoms with Crippen LogP contribution in [0.5, 0.6) is 5.75 Å². The number of hydrogen-bond acceptors (Lipinski definition) is 3. The van der Waals surface area contributed by atoms with E-state index in [9.17, 15) is 4.79 Å². The molecule has 0 aliphatic carbocycles. The van der Waals surface area contributed by atoms with Gasteiger partial charge in [0.25, 0.3) is 0 Å². The van der Waals surface area contributed by atoms with Gasteiger partial charge in [-0.25, -0.2) is 0 Å². The van der Waals surface area contributed by atoms with Crippen molar-refractivity contribution < 1.29 is 14.3 Å². The zero-order chi connectivity index (χ0) is 13.4. The summed E-state index contributed by atoms with van der Waals surface area (Å²) < 4.78 is 10.5. The summed E-state index contributed by atoms with van der Waals surface area (Å²) in [5.74, 6) is 0.687. The molecule has 0 spiro atoms. The average Bonchev–Trinajstić information content (AvgIpc) is 2.39. The zero-order valence-corrected chi connectivity index (χ0v) is 11.4. The Kier molecular flexibility index (Phi) is 6.26. The van der Waals surface area contributed by atoms with E-state index in [2.05, 4.69) is 6.92 Å². The van der Waals surface area contributed by atoms with Crippen LogP contribution in [0.25, 0.3) is 0 Å². The number of carbonyl (C=O) groups excluding carboxylic acids is 1. The lowest BCUT2D eigenvalue weighted by molar-refractivity contribution is -0.148. The van der Waals surface area contributed by atoms with E-state index in [-0.39, 0.29) is 12.1 Å². The van der Waals surface area contributed by atoms with Crippen molar-refractivity contribution in [2.45, 2.75) is 45.6 Å². The molecule has 0 aromatic heterocycles. The van der Waals surface area contributed by atoms with Gasteiger partial charge in [-0.1, -0.05) is 31.9 Å². The second-order valence-electron chi connectivity index (χ2n) is 4.36. The molecule has 0 aliphatic rings. The highest BCUT2D eigenvalue weighted by molar-refractivity contribution is 5.69. The van der Waals surface area contributed by atoms with Crippen LogP contribution in [0.1, 0.15) is 51.2 Å². The minimum absolute atomic E-state index is 0.119. The number of carbonyl (C=O) groups is 1. The summed E-state index contributed by atoms with van der Waals surface area (Å²) in [5.41, 5.74) is 0.986. The fourth-order valence-electron chi connectivity index (χ4n) is 1.72. The van der Waals surface area contributed by atoms with Crippen molar-refractivity contribution in [2.24, 2.45) is 0 Å². The predicted octanol–water partition coefficient (Wildman–Crippen LogP) is 3.88. The van der Waals surface area contributed by atoms with E-state index in [1.165, 1.54) is 0 Å². The molecule has 3 nitrogen and oxygen atoms in total. The molecule has 18 heavy (non-hydrogen) atoms. The van der Waals surface area contributed by atoms with Crippen molar-refractivity contribution in [3.63, 3.8) is 0 Å². The summed E-state index contributed by atoms with van der Waals surface area (Å²) in [6.07, 6.45) is 3.40. The van der Waals surface area contributed by atoms with Crippen LogP contribution in [0, 0.1) is 0 Å². The number of esters is 1. The Morgan fingerprint density at radius 2 is 1.89 bits per heavy atom. The van der Waals surface area contributed by atoms with E-state index in [1.54, 1.807) is 7.11 Å². The van der Waals surface area contributed by atoms with Crippen LogP contribution in [0.2, 0.25) is 0 Å². The molecular weight excluding hydrogens is 228 g/mol. The van der Waals surface area contributed by atoms with Gasteiger partial charge in [0, 0.05) is 6.42 Å². The van der Waals surface area contributed by atoms with E-state index in [0.717, 1.165) is 30.6 Å². The smallest absolute Gasteiger partial charge is 0.306 e. The minimum Gasteiger partial charge on any atom is -0.497 e. The maximum absolute atomic E-state index is 11.6. The summed E-state index contributed by atoms with van der Waals surface area (Å²) in [7, 11) is 1.63. The Labute approximate surface area is 109 Å². The Bertz CT molecular complexity index is 357. The highest BCUT2D eigenvalue weighted by atomic mass is 16.5. The van der Waals surface area contributed by atoms with E-state index in [4.69, 9.17) is 9.47 Å². The number of unbranched alkanes of at least 4 members (excludes halogenated alkanes) is 2. The highest BCUT2D eigenvalue weighted by Crippen LogP contribution is 2.20. The number of methoxy groups -OCH3 is 1. The lowest BCUT2D eigenvalue weighted by Crippen LogP contribution is -2.08. The lowest BCUT2D eigenvalue weighted by atomic mass is 10.1. The second-order valence-corrected chi connectivity index (χ2v) is 4.36. The van der Waals surface area contributed by atoms with Crippen LogP contribution in [0.4, 0.5) is 0 Å². The van der Waals surface area contributed by atoms with Crippen LogP contribution < -0.4 is 4.74 Å². The Morgan fingerprint density at radius 3 is 2.44 bits per heavy atom. The van der Waals surface area contributed by atoms with Crippen LogP contribution in [0.15, 0.2) is 24.3 Å². The first-order valence-corrected chi connectivity index (χ1v) is 6.50. The number of hydrogen-bond donors (Lipinski definition) is 0. The van der Waals surface area contributed by atoms with Crippen molar-refractivity contribution >= 4 is 5.97 Å². The molecule has 1 atom stereocenters.